The highest BCUT2D eigenvalue weighted by atomic mass is 16.5. The molecule has 1 N–H and O–H groups in total. The fraction of sp³-hybridized carbons (Fsp3) is 0.688. The van der Waals surface area contributed by atoms with Crippen LogP contribution in [0.1, 0.15) is 46.5 Å². The number of carbonyl (C=O) groups excluding carboxylic acids is 1. The quantitative estimate of drug-likeness (QED) is 0.489. The van der Waals surface area contributed by atoms with Crippen LogP contribution in [0.4, 0.5) is 4.79 Å². The van der Waals surface area contributed by atoms with Crippen LogP contribution < -0.4 is 5.32 Å². The van der Waals surface area contributed by atoms with E-state index in [0.29, 0.717) is 19.6 Å². The summed E-state index contributed by atoms with van der Waals surface area (Å²) in [5, 5.41) is 2.68. The van der Waals surface area contributed by atoms with Crippen LogP contribution in [0.25, 0.3) is 0 Å². The van der Waals surface area contributed by atoms with Crippen LogP contribution in [0, 0.1) is 0 Å². The van der Waals surface area contributed by atoms with Gasteiger partial charge in [0.05, 0.1) is 12.2 Å². The lowest BCUT2D eigenvalue weighted by Crippen LogP contribution is -2.29. The number of hydrogen-bond acceptors (Lipinski definition) is 3. The molecule has 0 aromatic carbocycles. The second-order valence-electron chi connectivity index (χ2n) is 5.16. The molecule has 0 bridgehead atoms. The van der Waals surface area contributed by atoms with Crippen LogP contribution in [0.2, 0.25) is 0 Å². The fourth-order valence-corrected chi connectivity index (χ4v) is 1.36. The van der Waals surface area contributed by atoms with Crippen molar-refractivity contribution in [3.63, 3.8) is 0 Å². The smallest absolute Gasteiger partial charge is 0.407 e. The second kappa shape index (κ2) is 11.5. The fourth-order valence-electron chi connectivity index (χ4n) is 1.36. The monoisotopic (exact) mass is 283 g/mol. The highest BCUT2D eigenvalue weighted by molar-refractivity contribution is 5.67. The number of unbranched alkanes of at least 4 members (excludes halogenated alkanes) is 1. The molecular weight excluding hydrogens is 254 g/mol. The van der Waals surface area contributed by atoms with Crippen LogP contribution in [0.3, 0.4) is 0 Å². The molecule has 20 heavy (non-hydrogen) atoms. The van der Waals surface area contributed by atoms with Crippen molar-refractivity contribution in [3.8, 4) is 0 Å². The van der Waals surface area contributed by atoms with Gasteiger partial charge in [0.25, 0.3) is 0 Å². The second-order valence-corrected chi connectivity index (χ2v) is 5.16. The Hall–Kier alpha value is -1.29. The van der Waals surface area contributed by atoms with Gasteiger partial charge in [-0.15, -0.1) is 0 Å². The maximum Gasteiger partial charge on any atom is 0.407 e. The molecule has 0 aliphatic rings. The summed E-state index contributed by atoms with van der Waals surface area (Å²) in [5.41, 5.74) is -0.258. The molecule has 0 heterocycles. The highest BCUT2D eigenvalue weighted by Gasteiger charge is 2.16. The number of methoxy groups -OCH3 is 1. The Morgan fingerprint density at radius 2 is 1.80 bits per heavy atom. The molecule has 0 aromatic rings. The first-order chi connectivity index (χ1) is 9.52. The molecule has 0 aromatic heterocycles. The SMILES string of the molecule is CCC=CCCC=CCNC(=O)OCCC(C)(C)OC. The average molecular weight is 283 g/mol. The molecule has 0 radical (unpaired) electrons. The first-order valence-electron chi connectivity index (χ1n) is 7.27. The Labute approximate surface area is 123 Å². The molecule has 0 spiro atoms. The van der Waals surface area contributed by atoms with Crippen molar-refractivity contribution in [2.75, 3.05) is 20.3 Å². The highest BCUT2D eigenvalue weighted by Crippen LogP contribution is 2.12. The van der Waals surface area contributed by atoms with Crippen molar-refractivity contribution in [2.24, 2.45) is 0 Å². The van der Waals surface area contributed by atoms with Gasteiger partial charge in [0.1, 0.15) is 0 Å². The predicted octanol–water partition coefficient (Wildman–Crippen LogP) is 3.83. The molecule has 0 atom stereocenters. The summed E-state index contributed by atoms with van der Waals surface area (Å²) in [6.45, 7) is 6.91. The van der Waals surface area contributed by atoms with Crippen molar-refractivity contribution < 1.29 is 14.3 Å². The molecule has 0 aliphatic carbocycles. The Bertz CT molecular complexity index is 309. The summed E-state index contributed by atoms with van der Waals surface area (Å²) < 4.78 is 10.3. The molecule has 0 aliphatic heterocycles. The molecule has 0 fully saturated rings. The summed E-state index contributed by atoms with van der Waals surface area (Å²) in [7, 11) is 1.65. The van der Waals surface area contributed by atoms with E-state index in [0.717, 1.165) is 19.3 Å². The number of alkyl carbamates (subject to hydrolysis) is 1. The van der Waals surface area contributed by atoms with E-state index in [9.17, 15) is 4.79 Å². The van der Waals surface area contributed by atoms with E-state index in [1.165, 1.54) is 0 Å². The van der Waals surface area contributed by atoms with Gasteiger partial charge in [-0.1, -0.05) is 31.2 Å². The topological polar surface area (TPSA) is 47.6 Å². The van der Waals surface area contributed by atoms with Crippen LogP contribution in [0.15, 0.2) is 24.3 Å². The minimum Gasteiger partial charge on any atom is -0.449 e. The van der Waals surface area contributed by atoms with Crippen molar-refractivity contribution in [2.45, 2.75) is 52.1 Å². The Kier molecular flexibility index (Phi) is 10.8. The lowest BCUT2D eigenvalue weighted by Gasteiger charge is -2.22. The van der Waals surface area contributed by atoms with Gasteiger partial charge in [0, 0.05) is 20.1 Å². The van der Waals surface area contributed by atoms with Crippen LogP contribution >= 0.6 is 0 Å². The lowest BCUT2D eigenvalue weighted by atomic mass is 10.1. The van der Waals surface area contributed by atoms with Gasteiger partial charge in [-0.2, -0.15) is 0 Å². The van der Waals surface area contributed by atoms with Gasteiger partial charge in [0.2, 0.25) is 0 Å². The number of nitrogens with one attached hydrogen (secondary N) is 1. The minimum absolute atomic E-state index is 0.258. The third kappa shape index (κ3) is 11.8. The summed E-state index contributed by atoms with van der Waals surface area (Å²) in [4.78, 5) is 11.4. The van der Waals surface area contributed by atoms with E-state index in [-0.39, 0.29) is 11.7 Å². The van der Waals surface area contributed by atoms with Crippen LogP contribution in [-0.2, 0) is 9.47 Å². The average Bonchev–Trinajstić information content (AvgIpc) is 2.41. The van der Waals surface area contributed by atoms with Gasteiger partial charge >= 0.3 is 6.09 Å². The lowest BCUT2D eigenvalue weighted by molar-refractivity contribution is 0.000258. The molecular formula is C16H29NO3. The van der Waals surface area contributed by atoms with Gasteiger partial charge < -0.3 is 14.8 Å². The van der Waals surface area contributed by atoms with Crippen molar-refractivity contribution in [1.82, 2.24) is 5.32 Å². The number of rotatable bonds is 10. The zero-order chi connectivity index (χ0) is 15.3. The van der Waals surface area contributed by atoms with Crippen LogP contribution in [-0.4, -0.2) is 32.0 Å². The number of allylic oxidation sites excluding steroid dienone is 3. The first kappa shape index (κ1) is 18.7. The van der Waals surface area contributed by atoms with Crippen molar-refractivity contribution in [1.29, 1.82) is 0 Å². The third-order valence-electron chi connectivity index (χ3n) is 2.92. The van der Waals surface area contributed by atoms with Crippen molar-refractivity contribution >= 4 is 6.09 Å². The van der Waals surface area contributed by atoms with Gasteiger partial charge in [0.15, 0.2) is 0 Å². The largest absolute Gasteiger partial charge is 0.449 e. The van der Waals surface area contributed by atoms with E-state index in [2.05, 4.69) is 30.5 Å². The molecule has 1 amide bonds. The third-order valence-corrected chi connectivity index (χ3v) is 2.92. The molecule has 0 saturated carbocycles. The number of ether oxygens (including phenoxy) is 2. The molecule has 0 unspecified atom stereocenters. The normalized spacial score (nSPS) is 12.2. The van der Waals surface area contributed by atoms with E-state index in [4.69, 9.17) is 9.47 Å². The maximum atomic E-state index is 11.4. The van der Waals surface area contributed by atoms with E-state index < -0.39 is 0 Å². The Morgan fingerprint density at radius 3 is 2.40 bits per heavy atom. The first-order valence-corrected chi connectivity index (χ1v) is 7.27. The molecule has 0 rings (SSSR count). The molecule has 116 valence electrons. The predicted molar refractivity (Wildman–Crippen MR) is 82.9 cm³/mol. The Balaban J connectivity index is 3.54. The standard InChI is InChI=1S/C16H29NO3/c1-5-6-7-8-9-10-11-13-17-15(18)20-14-12-16(2,3)19-4/h6-7,10-11H,5,8-9,12-14H2,1-4H3,(H,17,18). The molecule has 4 nitrogen and oxygen atoms in total. The summed E-state index contributed by atoms with van der Waals surface area (Å²) >= 11 is 0. The summed E-state index contributed by atoms with van der Waals surface area (Å²) in [6, 6.07) is 0. The molecule has 0 saturated heterocycles. The van der Waals surface area contributed by atoms with Gasteiger partial charge in [-0.25, -0.2) is 4.79 Å². The number of carbonyl (C=O) groups is 1. The zero-order valence-corrected chi connectivity index (χ0v) is 13.3. The van der Waals surface area contributed by atoms with E-state index >= 15 is 0 Å². The summed E-state index contributed by atoms with van der Waals surface area (Å²) in [6.07, 6.45) is 11.7. The molecule has 4 heteroatoms. The van der Waals surface area contributed by atoms with Gasteiger partial charge in [-0.05, 0) is 33.1 Å². The summed E-state index contributed by atoms with van der Waals surface area (Å²) in [5.74, 6) is 0. The number of amides is 1. The van der Waals surface area contributed by atoms with Gasteiger partial charge in [-0.3, -0.25) is 0 Å². The number of hydrogen-bond donors (Lipinski definition) is 1. The van der Waals surface area contributed by atoms with E-state index in [1.807, 2.05) is 19.9 Å². The van der Waals surface area contributed by atoms with Crippen molar-refractivity contribution in [3.05, 3.63) is 24.3 Å². The zero-order valence-electron chi connectivity index (χ0n) is 13.3. The maximum absolute atomic E-state index is 11.4. The van der Waals surface area contributed by atoms with E-state index in [1.54, 1.807) is 7.11 Å². The Morgan fingerprint density at radius 1 is 1.15 bits per heavy atom. The van der Waals surface area contributed by atoms with Crippen LogP contribution in [0.5, 0.6) is 0 Å². The minimum atomic E-state index is -0.382.